The molecule has 1 atom stereocenters. The maximum absolute atomic E-state index is 14.1. The van der Waals surface area contributed by atoms with Crippen LogP contribution in [0.2, 0.25) is 0 Å². The summed E-state index contributed by atoms with van der Waals surface area (Å²) in [6, 6.07) is 12.2. The molecule has 0 spiro atoms. The number of halogens is 2. The molecule has 1 heterocycles. The number of benzene rings is 2. The third kappa shape index (κ3) is 3.25. The zero-order valence-corrected chi connectivity index (χ0v) is 13.1. The minimum absolute atomic E-state index is 0.266. The third-order valence-electron chi connectivity index (χ3n) is 3.88. The van der Waals surface area contributed by atoms with E-state index in [2.05, 4.69) is 5.10 Å². The van der Waals surface area contributed by atoms with Crippen molar-refractivity contribution >= 4 is 17.7 Å². The second-order valence-electron chi connectivity index (χ2n) is 5.55. The first-order valence-electron chi connectivity index (χ1n) is 7.60. The second-order valence-corrected chi connectivity index (χ2v) is 5.55. The molecule has 0 saturated carbocycles. The molecular weight excluding hydrogens is 310 g/mol. The highest BCUT2D eigenvalue weighted by molar-refractivity contribution is 6.00. The van der Waals surface area contributed by atoms with Gasteiger partial charge in [0.15, 0.2) is 0 Å². The number of carbonyl (C=O) groups is 1. The molecule has 0 N–H and O–H groups in total. The zero-order chi connectivity index (χ0) is 17.1. The van der Waals surface area contributed by atoms with Crippen molar-refractivity contribution in [1.82, 2.24) is 5.01 Å². The lowest BCUT2D eigenvalue weighted by Gasteiger charge is -2.20. The quantitative estimate of drug-likeness (QED) is 0.826. The molecule has 0 radical (unpaired) electrons. The SMILES string of the molecule is CC(=O)N1N=C(/C=C/c2ccccc2F)CC1c1ccccc1F. The van der Waals surface area contributed by atoms with Crippen LogP contribution in [-0.4, -0.2) is 16.6 Å². The van der Waals surface area contributed by atoms with Crippen molar-refractivity contribution in [3.05, 3.63) is 77.4 Å². The average molecular weight is 326 g/mol. The Morgan fingerprint density at radius 1 is 1.08 bits per heavy atom. The zero-order valence-electron chi connectivity index (χ0n) is 13.1. The Morgan fingerprint density at radius 2 is 1.75 bits per heavy atom. The molecule has 1 aliphatic rings. The highest BCUT2D eigenvalue weighted by Gasteiger charge is 2.31. The molecule has 0 aromatic heterocycles. The van der Waals surface area contributed by atoms with Gasteiger partial charge in [0.2, 0.25) is 5.91 Å². The summed E-state index contributed by atoms with van der Waals surface area (Å²) < 4.78 is 27.7. The first kappa shape index (κ1) is 16.1. The van der Waals surface area contributed by atoms with Crippen LogP contribution in [0.25, 0.3) is 6.08 Å². The first-order chi connectivity index (χ1) is 11.6. The standard InChI is InChI=1S/C19H16F2N2O/c1-13(24)23-19(16-7-3-5-9-18(16)21)12-15(22-23)11-10-14-6-2-4-8-17(14)20/h2-11,19H,12H2,1H3/b11-10+. The minimum Gasteiger partial charge on any atom is -0.273 e. The van der Waals surface area contributed by atoms with Crippen LogP contribution in [0, 0.1) is 11.6 Å². The van der Waals surface area contributed by atoms with Crippen molar-refractivity contribution in [2.75, 3.05) is 0 Å². The monoisotopic (exact) mass is 326 g/mol. The molecular formula is C19H16F2N2O. The van der Waals surface area contributed by atoms with Crippen molar-refractivity contribution in [1.29, 1.82) is 0 Å². The summed E-state index contributed by atoms with van der Waals surface area (Å²) in [5.41, 5.74) is 1.45. The molecule has 2 aromatic rings. The number of amides is 1. The molecule has 0 fully saturated rings. The van der Waals surface area contributed by atoms with Gasteiger partial charge in [-0.1, -0.05) is 42.5 Å². The molecule has 0 aliphatic carbocycles. The van der Waals surface area contributed by atoms with Gasteiger partial charge in [-0.05, 0) is 18.2 Å². The van der Waals surface area contributed by atoms with Crippen molar-refractivity contribution < 1.29 is 13.6 Å². The van der Waals surface area contributed by atoms with Crippen LogP contribution in [0.1, 0.15) is 30.5 Å². The van der Waals surface area contributed by atoms with Crippen LogP contribution in [0.15, 0.2) is 59.7 Å². The number of allylic oxidation sites excluding steroid dienone is 1. The lowest BCUT2D eigenvalue weighted by Crippen LogP contribution is -2.25. The van der Waals surface area contributed by atoms with Gasteiger partial charge in [-0.15, -0.1) is 0 Å². The molecule has 2 aromatic carbocycles. The van der Waals surface area contributed by atoms with Crippen molar-refractivity contribution in [2.24, 2.45) is 5.10 Å². The van der Waals surface area contributed by atoms with E-state index in [1.165, 1.54) is 24.1 Å². The number of nitrogens with zero attached hydrogens (tertiary/aromatic N) is 2. The number of hydrogen-bond acceptors (Lipinski definition) is 2. The van der Waals surface area contributed by atoms with Crippen LogP contribution in [0.3, 0.4) is 0 Å². The van der Waals surface area contributed by atoms with Gasteiger partial charge < -0.3 is 0 Å². The molecule has 1 aliphatic heterocycles. The fraction of sp³-hybridized carbons (Fsp3) is 0.158. The van der Waals surface area contributed by atoms with Crippen LogP contribution in [0.4, 0.5) is 8.78 Å². The molecule has 1 amide bonds. The lowest BCUT2D eigenvalue weighted by atomic mass is 10.0. The van der Waals surface area contributed by atoms with E-state index < -0.39 is 6.04 Å². The van der Waals surface area contributed by atoms with E-state index >= 15 is 0 Å². The Morgan fingerprint density at radius 3 is 2.42 bits per heavy atom. The van der Waals surface area contributed by atoms with Crippen LogP contribution in [0.5, 0.6) is 0 Å². The van der Waals surface area contributed by atoms with Gasteiger partial charge in [-0.3, -0.25) is 4.79 Å². The highest BCUT2D eigenvalue weighted by atomic mass is 19.1. The summed E-state index contributed by atoms with van der Waals surface area (Å²) >= 11 is 0. The predicted molar refractivity (Wildman–Crippen MR) is 89.1 cm³/mol. The number of rotatable bonds is 3. The summed E-state index contributed by atoms with van der Waals surface area (Å²) in [5, 5.41) is 5.53. The number of carbonyl (C=O) groups excluding carboxylic acids is 1. The molecule has 0 saturated heterocycles. The average Bonchev–Trinajstić information content (AvgIpc) is 2.99. The fourth-order valence-electron chi connectivity index (χ4n) is 2.71. The van der Waals surface area contributed by atoms with E-state index in [9.17, 15) is 13.6 Å². The van der Waals surface area contributed by atoms with Crippen molar-refractivity contribution in [2.45, 2.75) is 19.4 Å². The van der Waals surface area contributed by atoms with E-state index in [1.54, 1.807) is 48.6 Å². The molecule has 3 rings (SSSR count). The molecule has 5 heteroatoms. The maximum atomic E-state index is 14.1. The lowest BCUT2D eigenvalue weighted by molar-refractivity contribution is -0.130. The topological polar surface area (TPSA) is 32.7 Å². The van der Waals surface area contributed by atoms with Crippen LogP contribution >= 0.6 is 0 Å². The first-order valence-corrected chi connectivity index (χ1v) is 7.60. The molecule has 3 nitrogen and oxygen atoms in total. The van der Waals surface area contributed by atoms with E-state index in [-0.39, 0.29) is 17.5 Å². The molecule has 1 unspecified atom stereocenters. The fourth-order valence-corrected chi connectivity index (χ4v) is 2.71. The smallest absolute Gasteiger partial charge is 0.240 e. The Balaban J connectivity index is 1.86. The summed E-state index contributed by atoms with van der Waals surface area (Å²) in [6.45, 7) is 1.39. The van der Waals surface area contributed by atoms with E-state index in [4.69, 9.17) is 0 Å². The molecule has 122 valence electrons. The summed E-state index contributed by atoms with van der Waals surface area (Å²) in [5.74, 6) is -0.970. The Labute approximate surface area is 138 Å². The molecule has 0 bridgehead atoms. The van der Waals surface area contributed by atoms with Crippen LogP contribution < -0.4 is 0 Å². The number of hydrogen-bond donors (Lipinski definition) is 0. The largest absolute Gasteiger partial charge is 0.273 e. The highest BCUT2D eigenvalue weighted by Crippen LogP contribution is 2.32. The Bertz CT molecular complexity index is 830. The van der Waals surface area contributed by atoms with Gasteiger partial charge in [-0.2, -0.15) is 5.10 Å². The minimum atomic E-state index is -0.482. The van der Waals surface area contributed by atoms with Crippen molar-refractivity contribution in [3.8, 4) is 0 Å². The van der Waals surface area contributed by atoms with Gasteiger partial charge in [0.25, 0.3) is 0 Å². The Hall–Kier alpha value is -2.82. The Kier molecular flexibility index (Phi) is 4.51. The van der Waals surface area contributed by atoms with Gasteiger partial charge in [0.1, 0.15) is 11.6 Å². The van der Waals surface area contributed by atoms with Crippen LogP contribution in [-0.2, 0) is 4.79 Å². The maximum Gasteiger partial charge on any atom is 0.240 e. The summed E-state index contributed by atoms with van der Waals surface area (Å²) in [7, 11) is 0. The normalized spacial score (nSPS) is 17.4. The van der Waals surface area contributed by atoms with Gasteiger partial charge in [0.05, 0.1) is 11.8 Å². The summed E-state index contributed by atoms with van der Waals surface area (Å²) in [4.78, 5) is 11.8. The van der Waals surface area contributed by atoms with Crippen molar-refractivity contribution in [3.63, 3.8) is 0 Å². The van der Waals surface area contributed by atoms with Gasteiger partial charge in [0, 0.05) is 24.5 Å². The van der Waals surface area contributed by atoms with E-state index in [1.807, 2.05) is 0 Å². The van der Waals surface area contributed by atoms with Gasteiger partial charge >= 0.3 is 0 Å². The van der Waals surface area contributed by atoms with E-state index in [0.717, 1.165) is 0 Å². The second kappa shape index (κ2) is 6.74. The number of hydrazone groups is 1. The predicted octanol–water partition coefficient (Wildman–Crippen LogP) is 4.33. The van der Waals surface area contributed by atoms with Gasteiger partial charge in [-0.25, -0.2) is 13.8 Å². The summed E-state index contributed by atoms with van der Waals surface area (Å²) in [6.07, 6.45) is 3.65. The van der Waals surface area contributed by atoms with E-state index in [0.29, 0.717) is 23.3 Å². The third-order valence-corrected chi connectivity index (χ3v) is 3.88. The molecule has 24 heavy (non-hydrogen) atoms.